The zero-order valence-corrected chi connectivity index (χ0v) is 12.5. The molecule has 2 aromatic rings. The molecule has 0 spiro atoms. The molecule has 0 amide bonds. The Labute approximate surface area is 119 Å². The number of rotatable bonds is 4. The lowest BCUT2D eigenvalue weighted by atomic mass is 10.2. The lowest BCUT2D eigenvalue weighted by Gasteiger charge is -2.09. The van der Waals surface area contributed by atoms with E-state index in [-0.39, 0.29) is 5.82 Å². The van der Waals surface area contributed by atoms with Gasteiger partial charge < -0.3 is 11.1 Å². The van der Waals surface area contributed by atoms with Crippen LogP contribution in [0.15, 0.2) is 22.7 Å². The Morgan fingerprint density at radius 3 is 2.84 bits per heavy atom. The molecule has 6 heteroatoms. The molecule has 0 unspecified atom stereocenters. The first-order valence-electron chi connectivity index (χ1n) is 6.02. The maximum atomic E-state index is 13.6. The summed E-state index contributed by atoms with van der Waals surface area (Å²) in [5.41, 5.74) is 8.05. The Morgan fingerprint density at radius 1 is 1.47 bits per heavy atom. The van der Waals surface area contributed by atoms with Crippen molar-refractivity contribution in [2.45, 2.75) is 19.9 Å². The van der Waals surface area contributed by atoms with Gasteiger partial charge in [-0.3, -0.25) is 4.68 Å². The molecule has 2 rings (SSSR count). The minimum absolute atomic E-state index is 0.243. The van der Waals surface area contributed by atoms with Gasteiger partial charge in [-0.1, -0.05) is 22.9 Å². The third-order valence-corrected chi connectivity index (χ3v) is 3.44. The number of nitrogens with one attached hydrogen (secondary N) is 1. The molecule has 0 aliphatic heterocycles. The van der Waals surface area contributed by atoms with Crippen molar-refractivity contribution in [3.05, 3.63) is 39.7 Å². The summed E-state index contributed by atoms with van der Waals surface area (Å²) in [6, 6.07) is 4.85. The fraction of sp³-hybridized carbons (Fsp3) is 0.308. The summed E-state index contributed by atoms with van der Waals surface area (Å²) >= 11 is 3.33. The van der Waals surface area contributed by atoms with Crippen LogP contribution in [-0.4, -0.2) is 9.78 Å². The quantitative estimate of drug-likeness (QED) is 0.907. The van der Waals surface area contributed by atoms with Crippen LogP contribution in [0, 0.1) is 5.82 Å². The predicted octanol–water partition coefficient (Wildman–Crippen LogP) is 3.08. The third-order valence-electron chi connectivity index (χ3n) is 2.95. The maximum Gasteiger partial charge on any atom is 0.148 e. The number of nitrogens with two attached hydrogens (primary N) is 1. The van der Waals surface area contributed by atoms with Gasteiger partial charge in [-0.25, -0.2) is 4.39 Å². The molecule has 1 aromatic heterocycles. The SMILES string of the molecule is CCc1nn(C)c(NCc2cc(Br)ccc2F)c1N. The van der Waals surface area contributed by atoms with Gasteiger partial charge in [-0.05, 0) is 24.6 Å². The van der Waals surface area contributed by atoms with Crippen LogP contribution in [0.25, 0.3) is 0 Å². The molecule has 0 saturated carbocycles. The lowest BCUT2D eigenvalue weighted by molar-refractivity contribution is 0.612. The molecule has 1 aromatic carbocycles. The third kappa shape index (κ3) is 2.89. The Balaban J connectivity index is 2.19. The summed E-state index contributed by atoms with van der Waals surface area (Å²) < 4.78 is 16.2. The second-order valence-electron chi connectivity index (χ2n) is 4.28. The highest BCUT2D eigenvalue weighted by atomic mass is 79.9. The molecule has 0 atom stereocenters. The Kier molecular flexibility index (Phi) is 4.09. The first kappa shape index (κ1) is 13.9. The van der Waals surface area contributed by atoms with E-state index in [1.807, 2.05) is 14.0 Å². The number of benzene rings is 1. The highest BCUT2D eigenvalue weighted by Gasteiger charge is 2.12. The molecular weight excluding hydrogens is 311 g/mol. The van der Waals surface area contributed by atoms with E-state index in [1.165, 1.54) is 6.07 Å². The number of anilines is 2. The second-order valence-corrected chi connectivity index (χ2v) is 5.19. The first-order valence-corrected chi connectivity index (χ1v) is 6.81. The van der Waals surface area contributed by atoms with Gasteiger partial charge in [-0.15, -0.1) is 0 Å². The molecule has 0 saturated heterocycles. The number of hydrogen-bond acceptors (Lipinski definition) is 3. The maximum absolute atomic E-state index is 13.6. The van der Waals surface area contributed by atoms with E-state index in [1.54, 1.807) is 16.8 Å². The molecule has 1 heterocycles. The van der Waals surface area contributed by atoms with Crippen molar-refractivity contribution < 1.29 is 4.39 Å². The molecule has 19 heavy (non-hydrogen) atoms. The smallest absolute Gasteiger partial charge is 0.148 e. The number of aryl methyl sites for hydroxylation is 2. The molecule has 4 nitrogen and oxygen atoms in total. The average molecular weight is 327 g/mol. The number of hydrogen-bond donors (Lipinski definition) is 2. The summed E-state index contributed by atoms with van der Waals surface area (Å²) in [6.45, 7) is 2.36. The molecular formula is C13H16BrFN4. The molecule has 0 aliphatic carbocycles. The standard InChI is InChI=1S/C13H16BrFN4/c1-3-11-12(16)13(19(2)18-11)17-7-8-6-9(14)4-5-10(8)15/h4-6,17H,3,7,16H2,1-2H3. The largest absolute Gasteiger partial charge is 0.394 e. The van der Waals surface area contributed by atoms with Gasteiger partial charge >= 0.3 is 0 Å². The fourth-order valence-corrected chi connectivity index (χ4v) is 2.33. The highest BCUT2D eigenvalue weighted by Crippen LogP contribution is 2.24. The van der Waals surface area contributed by atoms with Crippen molar-refractivity contribution in [1.29, 1.82) is 0 Å². The van der Waals surface area contributed by atoms with Gasteiger partial charge in [0, 0.05) is 23.6 Å². The Morgan fingerprint density at radius 2 is 2.21 bits per heavy atom. The average Bonchev–Trinajstić information content (AvgIpc) is 2.66. The van der Waals surface area contributed by atoms with Crippen LogP contribution in [0.3, 0.4) is 0 Å². The summed E-state index contributed by atoms with van der Waals surface area (Å²) in [5, 5.41) is 7.44. The Hall–Kier alpha value is -1.56. The van der Waals surface area contributed by atoms with Crippen LogP contribution in [0.2, 0.25) is 0 Å². The second kappa shape index (κ2) is 5.61. The van der Waals surface area contributed by atoms with Crippen molar-refractivity contribution in [3.63, 3.8) is 0 Å². The minimum Gasteiger partial charge on any atom is -0.394 e. The normalized spacial score (nSPS) is 10.7. The van der Waals surface area contributed by atoms with Gasteiger partial charge in [0.1, 0.15) is 11.6 Å². The molecule has 0 radical (unpaired) electrons. The van der Waals surface area contributed by atoms with Crippen LogP contribution in [0.4, 0.5) is 15.9 Å². The van der Waals surface area contributed by atoms with E-state index >= 15 is 0 Å². The molecule has 0 fully saturated rings. The van der Waals surface area contributed by atoms with Crippen molar-refractivity contribution in [2.24, 2.45) is 7.05 Å². The van der Waals surface area contributed by atoms with E-state index in [9.17, 15) is 4.39 Å². The summed E-state index contributed by atoms with van der Waals surface area (Å²) in [5.74, 6) is 0.475. The van der Waals surface area contributed by atoms with Crippen molar-refractivity contribution in [1.82, 2.24) is 9.78 Å². The summed E-state index contributed by atoms with van der Waals surface area (Å²) in [6.07, 6.45) is 0.770. The fourth-order valence-electron chi connectivity index (χ4n) is 1.92. The van der Waals surface area contributed by atoms with E-state index in [0.29, 0.717) is 17.8 Å². The van der Waals surface area contributed by atoms with Gasteiger partial charge in [0.05, 0.1) is 11.4 Å². The monoisotopic (exact) mass is 326 g/mol. The first-order chi connectivity index (χ1) is 9.02. The van der Waals surface area contributed by atoms with Gasteiger partial charge in [0.2, 0.25) is 0 Å². The molecule has 0 bridgehead atoms. The highest BCUT2D eigenvalue weighted by molar-refractivity contribution is 9.10. The van der Waals surface area contributed by atoms with E-state index in [0.717, 1.165) is 22.4 Å². The van der Waals surface area contributed by atoms with Crippen LogP contribution in [0.1, 0.15) is 18.2 Å². The topological polar surface area (TPSA) is 55.9 Å². The van der Waals surface area contributed by atoms with Crippen LogP contribution < -0.4 is 11.1 Å². The predicted molar refractivity (Wildman–Crippen MR) is 78.4 cm³/mol. The van der Waals surface area contributed by atoms with E-state index in [2.05, 4.69) is 26.3 Å². The minimum atomic E-state index is -0.243. The number of nitrogens with zero attached hydrogens (tertiary/aromatic N) is 2. The number of nitrogen functional groups attached to an aromatic ring is 1. The van der Waals surface area contributed by atoms with Crippen LogP contribution in [0.5, 0.6) is 0 Å². The number of aromatic nitrogens is 2. The van der Waals surface area contributed by atoms with Gasteiger partial charge in [-0.2, -0.15) is 5.10 Å². The summed E-state index contributed by atoms with van der Waals surface area (Å²) in [7, 11) is 1.81. The Bertz CT molecular complexity index is 595. The number of halogens is 2. The molecule has 102 valence electrons. The van der Waals surface area contributed by atoms with Crippen molar-refractivity contribution >= 4 is 27.4 Å². The zero-order valence-electron chi connectivity index (χ0n) is 10.9. The lowest BCUT2D eigenvalue weighted by Crippen LogP contribution is -2.07. The van der Waals surface area contributed by atoms with Gasteiger partial charge in [0.15, 0.2) is 0 Å². The molecule has 3 N–H and O–H groups in total. The summed E-state index contributed by atoms with van der Waals surface area (Å²) in [4.78, 5) is 0. The van der Waals surface area contributed by atoms with Crippen LogP contribution in [-0.2, 0) is 20.0 Å². The molecule has 0 aliphatic rings. The zero-order chi connectivity index (χ0) is 14.0. The van der Waals surface area contributed by atoms with E-state index < -0.39 is 0 Å². The van der Waals surface area contributed by atoms with E-state index in [4.69, 9.17) is 5.73 Å². The van der Waals surface area contributed by atoms with Crippen molar-refractivity contribution in [3.8, 4) is 0 Å². The van der Waals surface area contributed by atoms with Gasteiger partial charge in [0.25, 0.3) is 0 Å². The van der Waals surface area contributed by atoms with Crippen molar-refractivity contribution in [2.75, 3.05) is 11.1 Å². The van der Waals surface area contributed by atoms with Crippen LogP contribution >= 0.6 is 15.9 Å².